The van der Waals surface area contributed by atoms with Crippen LogP contribution in [0.2, 0.25) is 0 Å². The first-order chi connectivity index (χ1) is 11.4. The van der Waals surface area contributed by atoms with Crippen molar-refractivity contribution in [1.82, 2.24) is 20.2 Å². The molecule has 0 aliphatic rings. The lowest BCUT2D eigenvalue weighted by atomic mass is 10.2. The van der Waals surface area contributed by atoms with E-state index in [1.54, 1.807) is 18.7 Å². The highest BCUT2D eigenvalue weighted by Crippen LogP contribution is 2.24. The summed E-state index contributed by atoms with van der Waals surface area (Å²) in [7, 11) is 1.57. The molecule has 7 nitrogen and oxygen atoms in total. The summed E-state index contributed by atoms with van der Waals surface area (Å²) >= 11 is 4.84. The van der Waals surface area contributed by atoms with E-state index in [9.17, 15) is 4.79 Å². The van der Waals surface area contributed by atoms with Gasteiger partial charge in [-0.15, -0.1) is 0 Å². The average Bonchev–Trinajstić information content (AvgIpc) is 2.89. The molecule has 128 valence electrons. The molecule has 0 bridgehead atoms. The average molecular weight is 347 g/mol. The van der Waals surface area contributed by atoms with E-state index in [4.69, 9.17) is 22.7 Å². The number of nitrogens with zero attached hydrogens (tertiary/aromatic N) is 3. The lowest BCUT2D eigenvalue weighted by Crippen LogP contribution is -2.46. The molecular weight excluding hydrogens is 326 g/mol. The lowest BCUT2D eigenvalue weighted by Gasteiger charge is -2.18. The van der Waals surface area contributed by atoms with Gasteiger partial charge in [0.25, 0.3) is 5.91 Å². The van der Waals surface area contributed by atoms with Gasteiger partial charge in [0.05, 0.1) is 0 Å². The van der Waals surface area contributed by atoms with Crippen LogP contribution in [0.3, 0.4) is 0 Å². The molecule has 1 aromatic heterocycles. The van der Waals surface area contributed by atoms with Crippen molar-refractivity contribution in [2.45, 2.75) is 27.0 Å². The van der Waals surface area contributed by atoms with Gasteiger partial charge in [-0.2, -0.15) is 5.10 Å². The number of amides is 1. The predicted octanol–water partition coefficient (Wildman–Crippen LogP) is 1.61. The highest BCUT2D eigenvalue weighted by molar-refractivity contribution is 7.80. The van der Waals surface area contributed by atoms with E-state index < -0.39 is 0 Å². The maximum absolute atomic E-state index is 12.6. The number of hydrazine groups is 1. The van der Waals surface area contributed by atoms with E-state index >= 15 is 0 Å². The number of thiocarbonyl (C=S) groups is 1. The monoisotopic (exact) mass is 347 g/mol. The molecule has 0 atom stereocenters. The van der Waals surface area contributed by atoms with Crippen LogP contribution in [0, 0.1) is 6.92 Å². The number of hydrogen-bond donors (Lipinski definition) is 2. The summed E-state index contributed by atoms with van der Waals surface area (Å²) in [5.41, 5.74) is 10.1. The van der Waals surface area contributed by atoms with Crippen LogP contribution >= 0.6 is 12.2 Å². The zero-order chi connectivity index (χ0) is 17.7. The van der Waals surface area contributed by atoms with Crippen molar-refractivity contribution >= 4 is 23.2 Å². The fourth-order valence-electron chi connectivity index (χ4n) is 2.18. The number of ether oxygens (including phenoxy) is 1. The number of aromatic nitrogens is 2. The van der Waals surface area contributed by atoms with Crippen LogP contribution in [0.1, 0.15) is 28.7 Å². The molecule has 0 spiro atoms. The Morgan fingerprint density at radius 1 is 1.42 bits per heavy atom. The standard InChI is InChI=1S/C16H21N5O2S/c1-4-21-13(15(22)19-20(3)16(17)24)14(11(2)18-21)23-10-12-8-6-5-7-9-12/h5-9H,4,10H2,1-3H3,(H2,17,24)(H,19,22). The van der Waals surface area contributed by atoms with Crippen LogP contribution in [-0.4, -0.2) is 32.9 Å². The van der Waals surface area contributed by atoms with Crippen LogP contribution in [0.4, 0.5) is 0 Å². The molecule has 0 saturated heterocycles. The first-order valence-electron chi connectivity index (χ1n) is 7.52. The molecule has 0 aliphatic carbocycles. The molecule has 0 unspecified atom stereocenters. The number of hydrogen-bond acceptors (Lipinski definition) is 4. The first kappa shape index (κ1) is 17.7. The molecule has 1 amide bonds. The van der Waals surface area contributed by atoms with E-state index in [2.05, 4.69) is 10.5 Å². The second-order valence-corrected chi connectivity index (χ2v) is 5.61. The van der Waals surface area contributed by atoms with E-state index in [0.717, 1.165) is 5.56 Å². The minimum Gasteiger partial charge on any atom is -0.484 e. The molecular formula is C16H21N5O2S. The van der Waals surface area contributed by atoms with Gasteiger partial charge in [0.1, 0.15) is 12.3 Å². The van der Waals surface area contributed by atoms with Gasteiger partial charge < -0.3 is 10.5 Å². The molecule has 0 radical (unpaired) electrons. The molecule has 2 rings (SSSR count). The van der Waals surface area contributed by atoms with Crippen LogP contribution in [0.15, 0.2) is 30.3 Å². The Labute approximate surface area is 146 Å². The van der Waals surface area contributed by atoms with Gasteiger partial charge in [-0.3, -0.25) is 19.9 Å². The molecule has 1 aromatic carbocycles. The molecule has 0 fully saturated rings. The predicted molar refractivity (Wildman–Crippen MR) is 95.4 cm³/mol. The maximum Gasteiger partial charge on any atom is 0.291 e. The summed E-state index contributed by atoms with van der Waals surface area (Å²) in [5, 5.41) is 5.71. The molecule has 1 heterocycles. The topological polar surface area (TPSA) is 85.4 Å². The summed E-state index contributed by atoms with van der Waals surface area (Å²) < 4.78 is 7.47. The second-order valence-electron chi connectivity index (χ2n) is 5.19. The minimum atomic E-state index is -0.379. The summed E-state index contributed by atoms with van der Waals surface area (Å²) in [6, 6.07) is 9.73. The smallest absolute Gasteiger partial charge is 0.291 e. The number of benzene rings is 1. The Morgan fingerprint density at radius 2 is 2.08 bits per heavy atom. The highest BCUT2D eigenvalue weighted by Gasteiger charge is 2.23. The van der Waals surface area contributed by atoms with Crippen molar-refractivity contribution in [2.75, 3.05) is 7.05 Å². The number of carbonyl (C=O) groups is 1. The molecule has 3 N–H and O–H groups in total. The van der Waals surface area contributed by atoms with Crippen molar-refractivity contribution in [1.29, 1.82) is 0 Å². The maximum atomic E-state index is 12.6. The van der Waals surface area contributed by atoms with E-state index in [1.165, 1.54) is 5.01 Å². The third-order valence-corrected chi connectivity index (χ3v) is 3.69. The number of nitrogens with two attached hydrogens (primary N) is 1. The molecule has 2 aromatic rings. The third kappa shape index (κ3) is 4.02. The van der Waals surface area contributed by atoms with E-state index in [0.29, 0.717) is 30.3 Å². The van der Waals surface area contributed by atoms with Crippen LogP contribution in [-0.2, 0) is 13.2 Å². The van der Waals surface area contributed by atoms with E-state index in [-0.39, 0.29) is 11.0 Å². The highest BCUT2D eigenvalue weighted by atomic mass is 32.1. The molecule has 8 heteroatoms. The van der Waals surface area contributed by atoms with Gasteiger partial charge in [0, 0.05) is 13.6 Å². The van der Waals surface area contributed by atoms with Gasteiger partial charge in [-0.25, -0.2) is 0 Å². The summed E-state index contributed by atoms with van der Waals surface area (Å²) in [6.45, 7) is 4.60. The fourth-order valence-corrected chi connectivity index (χ4v) is 2.22. The SMILES string of the molecule is CCn1nc(C)c(OCc2ccccc2)c1C(=O)NN(C)C(N)=S. The van der Waals surface area contributed by atoms with Crippen molar-refractivity contribution < 1.29 is 9.53 Å². The van der Waals surface area contributed by atoms with Crippen LogP contribution in [0.25, 0.3) is 0 Å². The second kappa shape index (κ2) is 7.78. The lowest BCUT2D eigenvalue weighted by molar-refractivity contribution is 0.0871. The zero-order valence-corrected chi connectivity index (χ0v) is 14.8. The molecule has 0 saturated carbocycles. The van der Waals surface area contributed by atoms with Crippen molar-refractivity contribution in [3.8, 4) is 5.75 Å². The fraction of sp³-hybridized carbons (Fsp3) is 0.312. The van der Waals surface area contributed by atoms with Crippen molar-refractivity contribution in [3.63, 3.8) is 0 Å². The Balaban J connectivity index is 2.25. The van der Waals surface area contributed by atoms with Crippen LogP contribution < -0.4 is 15.9 Å². The number of aryl methyl sites for hydroxylation is 2. The van der Waals surface area contributed by atoms with Gasteiger partial charge in [0.2, 0.25) is 0 Å². The summed E-state index contributed by atoms with van der Waals surface area (Å²) in [5.74, 6) is 0.0744. The van der Waals surface area contributed by atoms with Gasteiger partial charge in [0.15, 0.2) is 16.6 Å². The quantitative estimate of drug-likeness (QED) is 0.631. The number of carbonyl (C=O) groups excluding carboxylic acids is 1. The van der Waals surface area contributed by atoms with Gasteiger partial charge >= 0.3 is 0 Å². The molecule has 0 aliphatic heterocycles. The Bertz CT molecular complexity index is 730. The van der Waals surface area contributed by atoms with Crippen molar-refractivity contribution in [2.24, 2.45) is 5.73 Å². The summed E-state index contributed by atoms with van der Waals surface area (Å²) in [4.78, 5) is 12.6. The molecule has 24 heavy (non-hydrogen) atoms. The van der Waals surface area contributed by atoms with E-state index in [1.807, 2.05) is 37.3 Å². The van der Waals surface area contributed by atoms with Crippen LogP contribution in [0.5, 0.6) is 5.75 Å². The normalized spacial score (nSPS) is 10.3. The minimum absolute atomic E-state index is 0.0642. The largest absolute Gasteiger partial charge is 0.484 e. The summed E-state index contributed by atoms with van der Waals surface area (Å²) in [6.07, 6.45) is 0. The zero-order valence-electron chi connectivity index (χ0n) is 13.9. The third-order valence-electron chi connectivity index (χ3n) is 3.41. The van der Waals surface area contributed by atoms with Gasteiger partial charge in [-0.1, -0.05) is 30.3 Å². The first-order valence-corrected chi connectivity index (χ1v) is 7.93. The number of nitrogens with one attached hydrogen (secondary N) is 1. The Morgan fingerprint density at radius 3 is 2.67 bits per heavy atom. The number of rotatable bonds is 5. The van der Waals surface area contributed by atoms with Gasteiger partial charge in [-0.05, 0) is 31.6 Å². The Kier molecular flexibility index (Phi) is 5.75. The Hall–Kier alpha value is -2.61. The van der Waals surface area contributed by atoms with Crippen molar-refractivity contribution in [3.05, 3.63) is 47.3 Å².